The van der Waals surface area contributed by atoms with E-state index in [0.717, 1.165) is 17.4 Å². The molecule has 1 aromatic heterocycles. The summed E-state index contributed by atoms with van der Waals surface area (Å²) in [4.78, 5) is 15.7. The maximum atomic E-state index is 11.5. The number of aromatic carboxylic acids is 1. The van der Waals surface area contributed by atoms with Gasteiger partial charge in [-0.15, -0.1) is 0 Å². The van der Waals surface area contributed by atoms with Crippen LogP contribution >= 0.6 is 0 Å². The van der Waals surface area contributed by atoms with E-state index >= 15 is 0 Å². The molecule has 0 unspecified atom stereocenters. The molecule has 20 heavy (non-hydrogen) atoms. The van der Waals surface area contributed by atoms with Crippen molar-refractivity contribution in [3.05, 3.63) is 23.4 Å². The molecule has 0 aromatic carbocycles. The van der Waals surface area contributed by atoms with E-state index in [4.69, 9.17) is 5.73 Å². The van der Waals surface area contributed by atoms with Gasteiger partial charge in [0, 0.05) is 6.20 Å². The molecule has 1 heterocycles. The maximum Gasteiger partial charge on any atom is 0.336 e. The topological polar surface area (TPSA) is 76.2 Å². The second-order valence-electron chi connectivity index (χ2n) is 6.96. The van der Waals surface area contributed by atoms with E-state index in [1.54, 1.807) is 6.20 Å². The first-order valence-corrected chi connectivity index (χ1v) is 7.60. The monoisotopic (exact) mass is 272 g/mol. The number of anilines is 1. The minimum Gasteiger partial charge on any atom is -0.478 e. The van der Waals surface area contributed by atoms with E-state index in [-0.39, 0.29) is 0 Å². The third-order valence-electron chi connectivity index (χ3n) is 5.77. The molecule has 0 spiro atoms. The highest BCUT2D eigenvalue weighted by Gasteiger charge is 2.49. The van der Waals surface area contributed by atoms with E-state index < -0.39 is 5.97 Å². The summed E-state index contributed by atoms with van der Waals surface area (Å²) < 4.78 is 0. The number of aromatic nitrogens is 1. The highest BCUT2D eigenvalue weighted by atomic mass is 16.4. The van der Waals surface area contributed by atoms with Crippen molar-refractivity contribution < 1.29 is 9.90 Å². The van der Waals surface area contributed by atoms with E-state index in [9.17, 15) is 9.90 Å². The van der Waals surface area contributed by atoms with Crippen molar-refractivity contribution >= 4 is 11.8 Å². The molecule has 5 rings (SSSR count). The zero-order valence-corrected chi connectivity index (χ0v) is 11.5. The predicted octanol–water partition coefficient (Wildman–Crippen LogP) is 2.90. The number of carboxylic acid groups (broad SMARTS) is 1. The smallest absolute Gasteiger partial charge is 0.336 e. The number of pyridine rings is 1. The number of carbonyl (C=O) groups is 1. The van der Waals surface area contributed by atoms with Crippen LogP contribution in [0.25, 0.3) is 0 Å². The van der Waals surface area contributed by atoms with E-state index in [1.807, 2.05) is 0 Å². The number of rotatable bonds is 2. The van der Waals surface area contributed by atoms with Crippen molar-refractivity contribution in [2.75, 3.05) is 5.73 Å². The lowest BCUT2D eigenvalue weighted by Crippen LogP contribution is -2.44. The SMILES string of the molecule is Nc1cc(C(=O)O)c(C2C3CC4CC(C3)CC2C4)cn1. The van der Waals surface area contributed by atoms with Gasteiger partial charge in [0.05, 0.1) is 5.56 Å². The van der Waals surface area contributed by atoms with Crippen molar-refractivity contribution in [1.82, 2.24) is 4.98 Å². The molecule has 0 amide bonds. The molecule has 4 aliphatic carbocycles. The standard InChI is InChI=1S/C16H20N2O2/c17-14-6-12(16(19)20)13(7-18-14)15-10-2-8-1-9(4-10)5-11(15)3-8/h6-11,15H,1-5H2,(H2,17,18)(H,19,20). The van der Waals surface area contributed by atoms with Crippen molar-refractivity contribution in [2.24, 2.45) is 23.7 Å². The average molecular weight is 272 g/mol. The summed E-state index contributed by atoms with van der Waals surface area (Å²) in [6.45, 7) is 0. The van der Waals surface area contributed by atoms with Crippen LogP contribution < -0.4 is 5.73 Å². The third-order valence-corrected chi connectivity index (χ3v) is 5.77. The molecule has 0 saturated heterocycles. The van der Waals surface area contributed by atoms with Crippen LogP contribution in [0.3, 0.4) is 0 Å². The van der Waals surface area contributed by atoms with Crippen LogP contribution in [0.2, 0.25) is 0 Å². The Labute approximate surface area is 118 Å². The molecule has 0 aliphatic heterocycles. The van der Waals surface area contributed by atoms with Crippen LogP contribution in [0.15, 0.2) is 12.3 Å². The third kappa shape index (κ3) is 1.74. The molecule has 106 valence electrons. The molecule has 4 aliphatic rings. The Morgan fingerprint density at radius 2 is 1.75 bits per heavy atom. The zero-order chi connectivity index (χ0) is 13.9. The van der Waals surface area contributed by atoms with Crippen LogP contribution in [-0.2, 0) is 0 Å². The van der Waals surface area contributed by atoms with Gasteiger partial charge in [0.2, 0.25) is 0 Å². The molecule has 4 bridgehead atoms. The molecule has 4 heteroatoms. The zero-order valence-electron chi connectivity index (χ0n) is 11.5. The Kier molecular flexibility index (Phi) is 2.56. The highest BCUT2D eigenvalue weighted by molar-refractivity contribution is 5.90. The van der Waals surface area contributed by atoms with Crippen LogP contribution in [0, 0.1) is 23.7 Å². The lowest BCUT2D eigenvalue weighted by atomic mass is 9.50. The number of hydrogen-bond acceptors (Lipinski definition) is 3. The van der Waals surface area contributed by atoms with E-state index in [0.29, 0.717) is 29.1 Å². The molecule has 0 radical (unpaired) electrons. The molecule has 4 fully saturated rings. The molecule has 4 nitrogen and oxygen atoms in total. The number of nitrogens with zero attached hydrogens (tertiary/aromatic N) is 1. The number of hydrogen-bond donors (Lipinski definition) is 2. The second kappa shape index (κ2) is 4.21. The van der Waals surface area contributed by atoms with Crippen molar-refractivity contribution in [2.45, 2.75) is 38.0 Å². The molecule has 3 N–H and O–H groups in total. The first kappa shape index (κ1) is 12.2. The predicted molar refractivity (Wildman–Crippen MR) is 75.4 cm³/mol. The largest absolute Gasteiger partial charge is 0.478 e. The van der Waals surface area contributed by atoms with Gasteiger partial charge in [0.1, 0.15) is 5.82 Å². The fourth-order valence-corrected chi connectivity index (χ4v) is 5.37. The van der Waals surface area contributed by atoms with Crippen LogP contribution in [0.1, 0.15) is 53.9 Å². The Hall–Kier alpha value is -1.58. The number of nitrogens with two attached hydrogens (primary N) is 1. The molecular weight excluding hydrogens is 252 g/mol. The van der Waals surface area contributed by atoms with E-state index in [1.165, 1.54) is 38.2 Å². The Morgan fingerprint density at radius 1 is 1.15 bits per heavy atom. The number of carboxylic acids is 1. The Morgan fingerprint density at radius 3 is 2.30 bits per heavy atom. The molecule has 1 aromatic rings. The summed E-state index contributed by atoms with van der Waals surface area (Å²) >= 11 is 0. The minimum absolute atomic E-state index is 0.301. The first-order chi connectivity index (χ1) is 9.61. The number of nitrogen functional groups attached to an aromatic ring is 1. The average Bonchev–Trinajstić information content (AvgIpc) is 2.38. The fourth-order valence-electron chi connectivity index (χ4n) is 5.37. The summed E-state index contributed by atoms with van der Waals surface area (Å²) in [5.74, 6) is 2.93. The highest BCUT2D eigenvalue weighted by Crippen LogP contribution is 2.60. The van der Waals surface area contributed by atoms with Gasteiger partial charge in [-0.2, -0.15) is 0 Å². The normalized spacial score (nSPS) is 38.1. The van der Waals surface area contributed by atoms with Gasteiger partial charge in [-0.3, -0.25) is 0 Å². The molecular formula is C16H20N2O2. The van der Waals surface area contributed by atoms with Crippen LogP contribution in [0.5, 0.6) is 0 Å². The van der Waals surface area contributed by atoms with Gasteiger partial charge in [-0.05, 0) is 73.3 Å². The summed E-state index contributed by atoms with van der Waals surface area (Å²) in [6, 6.07) is 1.53. The first-order valence-electron chi connectivity index (χ1n) is 7.60. The summed E-state index contributed by atoms with van der Waals surface area (Å²) in [6.07, 6.45) is 8.25. The lowest BCUT2D eigenvalue weighted by molar-refractivity contribution is -0.00325. The molecule has 4 saturated carbocycles. The molecule has 0 atom stereocenters. The van der Waals surface area contributed by atoms with Gasteiger partial charge in [0.15, 0.2) is 0 Å². The van der Waals surface area contributed by atoms with Gasteiger partial charge >= 0.3 is 5.97 Å². The van der Waals surface area contributed by atoms with Crippen molar-refractivity contribution in [3.8, 4) is 0 Å². The fraction of sp³-hybridized carbons (Fsp3) is 0.625. The quantitative estimate of drug-likeness (QED) is 0.868. The van der Waals surface area contributed by atoms with Gasteiger partial charge in [-0.1, -0.05) is 0 Å². The van der Waals surface area contributed by atoms with Crippen LogP contribution in [-0.4, -0.2) is 16.1 Å². The van der Waals surface area contributed by atoms with Gasteiger partial charge < -0.3 is 10.8 Å². The lowest BCUT2D eigenvalue weighted by Gasteiger charge is -2.54. The van der Waals surface area contributed by atoms with Crippen molar-refractivity contribution in [3.63, 3.8) is 0 Å². The Bertz CT molecular complexity index is 542. The summed E-state index contributed by atoms with van der Waals surface area (Å²) in [5.41, 5.74) is 6.97. The maximum absolute atomic E-state index is 11.5. The van der Waals surface area contributed by atoms with Gasteiger partial charge in [0.25, 0.3) is 0 Å². The minimum atomic E-state index is -0.872. The van der Waals surface area contributed by atoms with Crippen molar-refractivity contribution in [1.29, 1.82) is 0 Å². The Balaban J connectivity index is 1.76. The summed E-state index contributed by atoms with van der Waals surface area (Å²) in [7, 11) is 0. The van der Waals surface area contributed by atoms with Gasteiger partial charge in [-0.25, -0.2) is 9.78 Å². The second-order valence-corrected chi connectivity index (χ2v) is 6.96. The van der Waals surface area contributed by atoms with Crippen LogP contribution in [0.4, 0.5) is 5.82 Å². The van der Waals surface area contributed by atoms with E-state index in [2.05, 4.69) is 4.98 Å². The summed E-state index contributed by atoms with van der Waals surface area (Å²) in [5, 5.41) is 9.46.